The Hall–Kier alpha value is -3.19. The van der Waals surface area contributed by atoms with Crippen LogP contribution in [0.2, 0.25) is 0 Å². The first-order valence-corrected chi connectivity index (χ1v) is 12.0. The van der Waals surface area contributed by atoms with Gasteiger partial charge in [-0.05, 0) is 81.1 Å². The maximum absolute atomic E-state index is 14.6. The normalized spacial score (nSPS) is 15.7. The molecule has 1 aliphatic rings. The van der Waals surface area contributed by atoms with Crippen molar-refractivity contribution in [1.29, 1.82) is 0 Å². The van der Waals surface area contributed by atoms with Gasteiger partial charge in [0.25, 0.3) is 5.91 Å². The van der Waals surface area contributed by atoms with E-state index in [4.69, 9.17) is 9.15 Å². The van der Waals surface area contributed by atoms with Crippen LogP contribution in [0.25, 0.3) is 0 Å². The van der Waals surface area contributed by atoms with Gasteiger partial charge in [-0.2, -0.15) is 0 Å². The highest BCUT2D eigenvalue weighted by Gasteiger charge is 2.33. The predicted octanol–water partition coefficient (Wildman–Crippen LogP) is 5.47. The number of furan rings is 1. The highest BCUT2D eigenvalue weighted by atomic mass is 19.1. The number of piperidine rings is 1. The first kappa shape index (κ1) is 24.9. The van der Waals surface area contributed by atoms with E-state index in [1.165, 1.54) is 18.4 Å². The lowest BCUT2D eigenvalue weighted by Crippen LogP contribution is -2.47. The van der Waals surface area contributed by atoms with Crippen LogP contribution in [0, 0.1) is 24.5 Å². The maximum Gasteiger partial charge on any atom is 0.257 e. The summed E-state index contributed by atoms with van der Waals surface area (Å²) in [6.07, 6.45) is 3.60. The lowest BCUT2D eigenvalue weighted by molar-refractivity contribution is 0.0581. The van der Waals surface area contributed by atoms with Gasteiger partial charge in [-0.25, -0.2) is 8.78 Å². The molecule has 0 radical (unpaired) electrons. The molecule has 1 aromatic heterocycles. The molecule has 1 fully saturated rings. The standard InChI is InChI=1S/C28H32F2N2O3/c1-19-24(12-15-35-19)28(33)31(2)27(17-21-6-4-5-7-25(21)29)20-10-13-32(14-11-20)18-22-16-23(34-3)8-9-26(22)30/h4-9,12,15-16,20,27H,10-11,13-14,17-18H2,1-3H3/t27-/m0/s1. The van der Waals surface area contributed by atoms with Gasteiger partial charge in [0, 0.05) is 25.2 Å². The lowest BCUT2D eigenvalue weighted by atomic mass is 9.84. The Morgan fingerprint density at radius 1 is 1.11 bits per heavy atom. The number of carbonyl (C=O) groups is 1. The summed E-state index contributed by atoms with van der Waals surface area (Å²) in [6.45, 7) is 3.80. The van der Waals surface area contributed by atoms with E-state index >= 15 is 0 Å². The van der Waals surface area contributed by atoms with Gasteiger partial charge in [-0.15, -0.1) is 0 Å². The quantitative estimate of drug-likeness (QED) is 0.427. The van der Waals surface area contributed by atoms with Gasteiger partial charge in [0.2, 0.25) is 0 Å². The average molecular weight is 483 g/mol. The van der Waals surface area contributed by atoms with E-state index in [2.05, 4.69) is 4.90 Å². The second kappa shape index (κ2) is 11.0. The van der Waals surface area contributed by atoms with Crippen LogP contribution in [-0.4, -0.2) is 49.0 Å². The highest BCUT2D eigenvalue weighted by molar-refractivity contribution is 5.95. The van der Waals surface area contributed by atoms with E-state index in [0.29, 0.717) is 41.2 Å². The Balaban J connectivity index is 1.49. The van der Waals surface area contributed by atoms with Gasteiger partial charge in [0.05, 0.1) is 18.9 Å². The summed E-state index contributed by atoms with van der Waals surface area (Å²) in [4.78, 5) is 17.3. The molecule has 1 amide bonds. The van der Waals surface area contributed by atoms with Crippen LogP contribution in [0.5, 0.6) is 5.75 Å². The topological polar surface area (TPSA) is 45.9 Å². The molecular formula is C28H32F2N2O3. The number of likely N-dealkylation sites (N-methyl/N-ethyl adjacent to an activating group) is 1. The smallest absolute Gasteiger partial charge is 0.257 e. The molecule has 0 N–H and O–H groups in total. The monoisotopic (exact) mass is 482 g/mol. The molecule has 1 aliphatic heterocycles. The van der Waals surface area contributed by atoms with E-state index in [1.807, 2.05) is 6.07 Å². The van der Waals surface area contributed by atoms with Crippen LogP contribution in [0.4, 0.5) is 8.78 Å². The minimum atomic E-state index is -0.260. The van der Waals surface area contributed by atoms with Crippen molar-refractivity contribution in [2.24, 2.45) is 5.92 Å². The zero-order valence-electron chi connectivity index (χ0n) is 20.5. The van der Waals surface area contributed by atoms with E-state index < -0.39 is 0 Å². The zero-order valence-corrected chi connectivity index (χ0v) is 20.5. The van der Waals surface area contributed by atoms with Crippen molar-refractivity contribution in [3.8, 4) is 5.75 Å². The molecule has 3 aromatic rings. The summed E-state index contributed by atoms with van der Waals surface area (Å²) >= 11 is 0. The summed E-state index contributed by atoms with van der Waals surface area (Å²) in [5, 5.41) is 0. The SMILES string of the molecule is COc1ccc(F)c(CN2CCC([C@H](Cc3ccccc3F)N(C)C(=O)c3ccoc3C)CC2)c1. The Labute approximate surface area is 205 Å². The number of halogens is 2. The number of hydrogen-bond acceptors (Lipinski definition) is 4. The van der Waals surface area contributed by atoms with Crippen molar-refractivity contribution in [3.05, 3.63) is 88.9 Å². The van der Waals surface area contributed by atoms with Gasteiger partial charge >= 0.3 is 0 Å². The largest absolute Gasteiger partial charge is 0.497 e. The van der Waals surface area contributed by atoms with Crippen LogP contribution < -0.4 is 4.74 Å². The number of amides is 1. The van der Waals surface area contributed by atoms with Crippen LogP contribution in [0.3, 0.4) is 0 Å². The number of aryl methyl sites for hydroxylation is 1. The second-order valence-electron chi connectivity index (χ2n) is 9.24. The number of carbonyl (C=O) groups excluding carboxylic acids is 1. The van der Waals surface area contributed by atoms with Gasteiger partial charge in [0.1, 0.15) is 23.1 Å². The Morgan fingerprint density at radius 3 is 2.49 bits per heavy atom. The van der Waals surface area contributed by atoms with Gasteiger partial charge in [-0.1, -0.05) is 18.2 Å². The fraction of sp³-hybridized carbons (Fsp3) is 0.393. The highest BCUT2D eigenvalue weighted by Crippen LogP contribution is 2.30. The molecule has 2 heterocycles. The summed E-state index contributed by atoms with van der Waals surface area (Å²) in [5.74, 6) is 0.758. The van der Waals surface area contributed by atoms with Crippen LogP contribution in [-0.2, 0) is 13.0 Å². The van der Waals surface area contributed by atoms with Crippen molar-refractivity contribution >= 4 is 5.91 Å². The predicted molar refractivity (Wildman–Crippen MR) is 130 cm³/mol. The molecule has 0 saturated carbocycles. The number of hydrogen-bond donors (Lipinski definition) is 0. The van der Waals surface area contributed by atoms with Gasteiger partial charge in [-0.3, -0.25) is 9.69 Å². The number of benzene rings is 2. The molecule has 5 nitrogen and oxygen atoms in total. The molecule has 0 bridgehead atoms. The van der Waals surface area contributed by atoms with Crippen molar-refractivity contribution in [2.75, 3.05) is 27.2 Å². The van der Waals surface area contributed by atoms with Crippen LogP contribution in [0.1, 0.15) is 40.1 Å². The Morgan fingerprint density at radius 2 is 1.83 bits per heavy atom. The summed E-state index contributed by atoms with van der Waals surface area (Å²) in [6, 6.07) is 13.0. The van der Waals surface area contributed by atoms with Crippen molar-refractivity contribution in [3.63, 3.8) is 0 Å². The molecule has 2 aromatic carbocycles. The fourth-order valence-corrected chi connectivity index (χ4v) is 4.99. The number of nitrogens with zero attached hydrogens (tertiary/aromatic N) is 2. The first-order chi connectivity index (χ1) is 16.9. The van der Waals surface area contributed by atoms with Crippen molar-refractivity contribution in [1.82, 2.24) is 9.80 Å². The molecule has 1 atom stereocenters. The molecule has 186 valence electrons. The van der Waals surface area contributed by atoms with Crippen molar-refractivity contribution in [2.45, 2.75) is 38.8 Å². The van der Waals surface area contributed by atoms with Gasteiger partial charge in [0.15, 0.2) is 0 Å². The third kappa shape index (κ3) is 5.73. The second-order valence-corrected chi connectivity index (χ2v) is 9.24. The summed E-state index contributed by atoms with van der Waals surface area (Å²) in [7, 11) is 3.36. The van der Waals surface area contributed by atoms with E-state index in [-0.39, 0.29) is 29.5 Å². The zero-order chi connectivity index (χ0) is 24.9. The van der Waals surface area contributed by atoms with Crippen molar-refractivity contribution < 1.29 is 22.7 Å². The van der Waals surface area contributed by atoms with Crippen LogP contribution >= 0.6 is 0 Å². The van der Waals surface area contributed by atoms with E-state index in [1.54, 1.807) is 56.3 Å². The fourth-order valence-electron chi connectivity index (χ4n) is 4.99. The number of methoxy groups -OCH3 is 1. The summed E-state index contributed by atoms with van der Waals surface area (Å²) < 4.78 is 39.5. The van der Waals surface area contributed by atoms with E-state index in [9.17, 15) is 13.6 Å². The molecule has 4 rings (SSSR count). The molecule has 0 aliphatic carbocycles. The molecule has 1 saturated heterocycles. The average Bonchev–Trinajstić information content (AvgIpc) is 3.30. The number of rotatable bonds is 8. The first-order valence-electron chi connectivity index (χ1n) is 12.0. The maximum atomic E-state index is 14.6. The molecule has 7 heteroatoms. The minimum absolute atomic E-state index is 0.126. The third-order valence-corrected chi connectivity index (χ3v) is 7.12. The minimum Gasteiger partial charge on any atom is -0.497 e. The molecule has 0 unspecified atom stereocenters. The Bertz CT molecular complexity index is 1150. The van der Waals surface area contributed by atoms with Gasteiger partial charge < -0.3 is 14.1 Å². The number of likely N-dealkylation sites (tertiary alicyclic amines) is 1. The molecule has 35 heavy (non-hydrogen) atoms. The third-order valence-electron chi connectivity index (χ3n) is 7.12. The summed E-state index contributed by atoms with van der Waals surface area (Å²) in [5.41, 5.74) is 1.73. The lowest BCUT2D eigenvalue weighted by Gasteiger charge is -2.40. The molecular weight excluding hydrogens is 450 g/mol. The Kier molecular flexibility index (Phi) is 7.86. The van der Waals surface area contributed by atoms with E-state index in [0.717, 1.165) is 25.9 Å². The van der Waals surface area contributed by atoms with Crippen LogP contribution in [0.15, 0.2) is 59.2 Å². The number of ether oxygens (including phenoxy) is 1. The molecule has 0 spiro atoms.